The molecule has 0 aliphatic carbocycles. The Morgan fingerprint density at radius 1 is 1.06 bits per heavy atom. The predicted octanol–water partition coefficient (Wildman–Crippen LogP) is 4.18. The summed E-state index contributed by atoms with van der Waals surface area (Å²) in [5, 5.41) is 3.36. The Morgan fingerprint density at radius 3 is 2.56 bits per heavy atom. The summed E-state index contributed by atoms with van der Waals surface area (Å²) in [6, 6.07) is 15.2. The van der Waals surface area contributed by atoms with Crippen LogP contribution in [-0.2, 0) is 6.42 Å². The Hall–Kier alpha value is -1.83. The molecule has 0 aliphatic heterocycles. The van der Waals surface area contributed by atoms with E-state index in [1.54, 1.807) is 12.1 Å². The monoisotopic (exact) mass is 243 g/mol. The smallest absolute Gasteiger partial charge is 0.123 e. The first kappa shape index (κ1) is 12.6. The maximum atomic E-state index is 13.0. The Balaban J connectivity index is 1.74. The molecule has 1 nitrogen and oxygen atoms in total. The highest BCUT2D eigenvalue weighted by Crippen LogP contribution is 2.10. The van der Waals surface area contributed by atoms with Crippen molar-refractivity contribution in [3.05, 3.63) is 65.5 Å². The van der Waals surface area contributed by atoms with Gasteiger partial charge in [-0.1, -0.05) is 29.8 Å². The van der Waals surface area contributed by atoms with Crippen LogP contribution in [0, 0.1) is 12.7 Å². The van der Waals surface area contributed by atoms with Crippen molar-refractivity contribution >= 4 is 5.69 Å². The zero-order chi connectivity index (χ0) is 12.8. The molecule has 0 atom stereocenters. The summed E-state index contributed by atoms with van der Waals surface area (Å²) < 4.78 is 13.0. The minimum Gasteiger partial charge on any atom is -0.385 e. The van der Waals surface area contributed by atoms with Gasteiger partial charge in [-0.25, -0.2) is 4.39 Å². The van der Waals surface area contributed by atoms with Crippen molar-refractivity contribution in [3.8, 4) is 0 Å². The molecule has 0 bridgehead atoms. The quantitative estimate of drug-likeness (QED) is 0.777. The van der Waals surface area contributed by atoms with Gasteiger partial charge in [-0.3, -0.25) is 0 Å². The molecule has 0 aliphatic rings. The minimum absolute atomic E-state index is 0.154. The van der Waals surface area contributed by atoms with Crippen LogP contribution >= 0.6 is 0 Å². The normalized spacial score (nSPS) is 10.3. The first-order valence-electron chi connectivity index (χ1n) is 6.29. The Morgan fingerprint density at radius 2 is 1.83 bits per heavy atom. The largest absolute Gasteiger partial charge is 0.385 e. The Labute approximate surface area is 108 Å². The van der Waals surface area contributed by atoms with Crippen LogP contribution in [0.1, 0.15) is 17.5 Å². The third kappa shape index (κ3) is 3.88. The second-order valence-corrected chi connectivity index (χ2v) is 4.53. The molecule has 0 aromatic heterocycles. The standard InChI is InChI=1S/C16H18FN/c1-13-7-9-16(10-8-13)18-11-3-5-14-4-2-6-15(17)12-14/h2,4,6-10,12,18H,3,5,11H2,1H3. The molecule has 18 heavy (non-hydrogen) atoms. The van der Waals surface area contributed by atoms with Crippen LogP contribution in [0.4, 0.5) is 10.1 Å². The van der Waals surface area contributed by atoms with Gasteiger partial charge in [0.2, 0.25) is 0 Å². The number of hydrogen-bond donors (Lipinski definition) is 1. The van der Waals surface area contributed by atoms with Gasteiger partial charge in [0.25, 0.3) is 0 Å². The van der Waals surface area contributed by atoms with Crippen molar-refractivity contribution in [1.29, 1.82) is 0 Å². The molecule has 0 radical (unpaired) electrons. The molecule has 0 spiro atoms. The molecule has 2 aromatic carbocycles. The average Bonchev–Trinajstić information content (AvgIpc) is 2.37. The van der Waals surface area contributed by atoms with Crippen molar-refractivity contribution in [2.75, 3.05) is 11.9 Å². The lowest BCUT2D eigenvalue weighted by molar-refractivity contribution is 0.625. The Kier molecular flexibility index (Phi) is 4.35. The number of aryl methyl sites for hydroxylation is 2. The molecule has 2 rings (SSSR count). The van der Waals surface area contributed by atoms with Gasteiger partial charge in [-0.05, 0) is 49.6 Å². The highest BCUT2D eigenvalue weighted by molar-refractivity contribution is 5.44. The lowest BCUT2D eigenvalue weighted by atomic mass is 10.1. The number of rotatable bonds is 5. The molecule has 2 heteroatoms. The molecule has 0 fully saturated rings. The van der Waals surface area contributed by atoms with Crippen molar-refractivity contribution < 1.29 is 4.39 Å². The molecular weight excluding hydrogens is 225 g/mol. The molecule has 94 valence electrons. The van der Waals surface area contributed by atoms with Crippen molar-refractivity contribution in [3.63, 3.8) is 0 Å². The third-order valence-electron chi connectivity index (χ3n) is 2.91. The summed E-state index contributed by atoms with van der Waals surface area (Å²) in [5.41, 5.74) is 3.46. The van der Waals surface area contributed by atoms with Gasteiger partial charge in [0.1, 0.15) is 5.82 Å². The van der Waals surface area contributed by atoms with E-state index < -0.39 is 0 Å². The fourth-order valence-corrected chi connectivity index (χ4v) is 1.89. The predicted molar refractivity (Wildman–Crippen MR) is 74.4 cm³/mol. The number of hydrogen-bond acceptors (Lipinski definition) is 1. The molecule has 0 unspecified atom stereocenters. The Bertz CT molecular complexity index is 491. The highest BCUT2D eigenvalue weighted by atomic mass is 19.1. The van der Waals surface area contributed by atoms with Crippen LogP contribution in [0.25, 0.3) is 0 Å². The summed E-state index contributed by atoms with van der Waals surface area (Å²) in [4.78, 5) is 0. The van der Waals surface area contributed by atoms with Gasteiger partial charge in [0, 0.05) is 12.2 Å². The van der Waals surface area contributed by atoms with E-state index in [-0.39, 0.29) is 5.82 Å². The van der Waals surface area contributed by atoms with E-state index in [1.807, 2.05) is 6.07 Å². The lowest BCUT2D eigenvalue weighted by Gasteiger charge is -2.06. The SMILES string of the molecule is Cc1ccc(NCCCc2cccc(F)c2)cc1. The van der Waals surface area contributed by atoms with Crippen LogP contribution in [0.15, 0.2) is 48.5 Å². The van der Waals surface area contributed by atoms with Crippen LogP contribution in [0.2, 0.25) is 0 Å². The average molecular weight is 243 g/mol. The second kappa shape index (κ2) is 6.20. The number of nitrogens with one attached hydrogen (secondary N) is 1. The highest BCUT2D eigenvalue weighted by Gasteiger charge is 1.96. The van der Waals surface area contributed by atoms with Gasteiger partial charge >= 0.3 is 0 Å². The fourth-order valence-electron chi connectivity index (χ4n) is 1.89. The number of benzene rings is 2. The van der Waals surface area contributed by atoms with Crippen LogP contribution < -0.4 is 5.32 Å². The van der Waals surface area contributed by atoms with Gasteiger partial charge in [0.05, 0.1) is 0 Å². The van der Waals surface area contributed by atoms with Gasteiger partial charge in [-0.2, -0.15) is 0 Å². The zero-order valence-electron chi connectivity index (χ0n) is 10.6. The van der Waals surface area contributed by atoms with Gasteiger partial charge in [0.15, 0.2) is 0 Å². The van der Waals surface area contributed by atoms with Crippen LogP contribution in [-0.4, -0.2) is 6.54 Å². The summed E-state index contributed by atoms with van der Waals surface area (Å²) in [5.74, 6) is -0.154. The molecule has 0 saturated heterocycles. The molecule has 0 saturated carbocycles. The maximum absolute atomic E-state index is 13.0. The fraction of sp³-hybridized carbons (Fsp3) is 0.250. The van der Waals surface area contributed by atoms with Gasteiger partial charge in [-0.15, -0.1) is 0 Å². The van der Waals surface area contributed by atoms with E-state index in [4.69, 9.17) is 0 Å². The van der Waals surface area contributed by atoms with Crippen LogP contribution in [0.5, 0.6) is 0 Å². The van der Waals surface area contributed by atoms with Crippen LogP contribution in [0.3, 0.4) is 0 Å². The summed E-state index contributed by atoms with van der Waals surface area (Å²) in [7, 11) is 0. The van der Waals surface area contributed by atoms with E-state index in [0.717, 1.165) is 30.6 Å². The molecule has 0 amide bonds. The molecule has 2 aromatic rings. The second-order valence-electron chi connectivity index (χ2n) is 4.53. The lowest BCUT2D eigenvalue weighted by Crippen LogP contribution is -2.02. The van der Waals surface area contributed by atoms with Crippen molar-refractivity contribution in [1.82, 2.24) is 0 Å². The van der Waals surface area contributed by atoms with E-state index >= 15 is 0 Å². The van der Waals surface area contributed by atoms with E-state index in [1.165, 1.54) is 11.6 Å². The van der Waals surface area contributed by atoms with E-state index in [2.05, 4.69) is 36.5 Å². The van der Waals surface area contributed by atoms with Crippen molar-refractivity contribution in [2.45, 2.75) is 19.8 Å². The summed E-state index contributed by atoms with van der Waals surface area (Å²) in [6.07, 6.45) is 1.90. The topological polar surface area (TPSA) is 12.0 Å². The third-order valence-corrected chi connectivity index (χ3v) is 2.91. The number of anilines is 1. The molecule has 1 N–H and O–H groups in total. The zero-order valence-corrected chi connectivity index (χ0v) is 10.6. The molecule has 0 heterocycles. The van der Waals surface area contributed by atoms with Gasteiger partial charge < -0.3 is 5.32 Å². The maximum Gasteiger partial charge on any atom is 0.123 e. The molecular formula is C16H18FN. The summed E-state index contributed by atoms with van der Waals surface area (Å²) in [6.45, 7) is 2.98. The van der Waals surface area contributed by atoms with E-state index in [9.17, 15) is 4.39 Å². The van der Waals surface area contributed by atoms with Crippen molar-refractivity contribution in [2.24, 2.45) is 0 Å². The van der Waals surface area contributed by atoms with E-state index in [0.29, 0.717) is 0 Å². The first-order valence-corrected chi connectivity index (χ1v) is 6.29. The first-order chi connectivity index (χ1) is 8.74. The minimum atomic E-state index is -0.154. The summed E-state index contributed by atoms with van der Waals surface area (Å²) >= 11 is 0. The number of halogens is 1.